The lowest BCUT2D eigenvalue weighted by Gasteiger charge is -2.16. The largest absolute Gasteiger partial charge is 0.389 e. The number of hydrogen-bond acceptors (Lipinski definition) is 4. The normalized spacial score (nSPS) is 15.1. The summed E-state index contributed by atoms with van der Waals surface area (Å²) in [6, 6.07) is 0.787. The maximum Gasteiger partial charge on any atom is 0.134 e. The molecule has 5 nitrogen and oxygen atoms in total. The number of nitrogens with zero attached hydrogens (tertiary/aromatic N) is 3. The van der Waals surface area contributed by atoms with Gasteiger partial charge in [-0.25, -0.2) is 0 Å². The minimum Gasteiger partial charge on any atom is -0.389 e. The van der Waals surface area contributed by atoms with Crippen LogP contribution >= 0.6 is 12.2 Å². The highest BCUT2D eigenvalue weighted by Crippen LogP contribution is 2.25. The second-order valence-corrected chi connectivity index (χ2v) is 5.38. The molecule has 1 aromatic rings. The summed E-state index contributed by atoms with van der Waals surface area (Å²) in [5.41, 5.74) is 7.49. The summed E-state index contributed by atoms with van der Waals surface area (Å²) in [7, 11) is 4.07. The van der Waals surface area contributed by atoms with Crippen LogP contribution in [0.1, 0.15) is 24.1 Å². The standard InChI is InChI=1S/C12H21N5S/c1-8-10(11(13)18)12(17(3)15-8)14-6-7-16(2)9-4-5-9/h9,14H,4-7H2,1-3H3,(H2,13,18). The SMILES string of the molecule is Cc1nn(C)c(NCCN(C)C2CC2)c1C(N)=S. The van der Waals surface area contributed by atoms with Gasteiger partial charge in [0.25, 0.3) is 0 Å². The van der Waals surface area contributed by atoms with E-state index < -0.39 is 0 Å². The number of nitrogens with one attached hydrogen (secondary N) is 1. The number of anilines is 1. The van der Waals surface area contributed by atoms with Gasteiger partial charge >= 0.3 is 0 Å². The maximum atomic E-state index is 5.75. The Hall–Kier alpha value is -1.14. The summed E-state index contributed by atoms with van der Waals surface area (Å²) in [6.45, 7) is 3.82. The van der Waals surface area contributed by atoms with Crippen LogP contribution in [-0.4, -0.2) is 45.8 Å². The third-order valence-electron chi connectivity index (χ3n) is 3.40. The van der Waals surface area contributed by atoms with Crippen LogP contribution in [0.5, 0.6) is 0 Å². The second kappa shape index (κ2) is 5.24. The Labute approximate surface area is 113 Å². The van der Waals surface area contributed by atoms with Crippen molar-refractivity contribution in [3.8, 4) is 0 Å². The molecule has 0 amide bonds. The first-order chi connectivity index (χ1) is 8.50. The van der Waals surface area contributed by atoms with Crippen molar-refractivity contribution in [1.82, 2.24) is 14.7 Å². The molecule has 0 radical (unpaired) electrons. The lowest BCUT2D eigenvalue weighted by atomic mass is 10.2. The van der Waals surface area contributed by atoms with Gasteiger partial charge in [-0.1, -0.05) is 12.2 Å². The number of hydrogen-bond donors (Lipinski definition) is 2. The van der Waals surface area contributed by atoms with E-state index in [0.29, 0.717) is 4.99 Å². The lowest BCUT2D eigenvalue weighted by Crippen LogP contribution is -2.28. The van der Waals surface area contributed by atoms with E-state index >= 15 is 0 Å². The Kier molecular flexibility index (Phi) is 3.87. The molecule has 1 aliphatic carbocycles. The zero-order valence-corrected chi connectivity index (χ0v) is 12.0. The van der Waals surface area contributed by atoms with Crippen LogP contribution in [0.25, 0.3) is 0 Å². The fourth-order valence-electron chi connectivity index (χ4n) is 2.20. The van der Waals surface area contributed by atoms with Crippen molar-refractivity contribution in [3.63, 3.8) is 0 Å². The van der Waals surface area contributed by atoms with Crippen molar-refractivity contribution in [3.05, 3.63) is 11.3 Å². The van der Waals surface area contributed by atoms with Crippen LogP contribution in [-0.2, 0) is 7.05 Å². The second-order valence-electron chi connectivity index (χ2n) is 4.94. The predicted molar refractivity (Wildman–Crippen MR) is 78.0 cm³/mol. The van der Waals surface area contributed by atoms with E-state index in [1.807, 2.05) is 14.0 Å². The molecule has 1 heterocycles. The Morgan fingerprint density at radius 3 is 2.83 bits per heavy atom. The maximum absolute atomic E-state index is 5.75. The molecule has 0 atom stereocenters. The van der Waals surface area contributed by atoms with Gasteiger partial charge in [-0.05, 0) is 26.8 Å². The molecule has 100 valence electrons. The molecule has 0 aliphatic heterocycles. The summed E-state index contributed by atoms with van der Waals surface area (Å²) in [4.78, 5) is 2.79. The first-order valence-corrected chi connectivity index (χ1v) is 6.69. The minimum atomic E-state index is 0.402. The fraction of sp³-hybridized carbons (Fsp3) is 0.667. The summed E-state index contributed by atoms with van der Waals surface area (Å²) in [6.07, 6.45) is 2.67. The van der Waals surface area contributed by atoms with E-state index in [1.54, 1.807) is 4.68 Å². The van der Waals surface area contributed by atoms with Crippen molar-refractivity contribution < 1.29 is 0 Å². The van der Waals surface area contributed by atoms with E-state index in [2.05, 4.69) is 22.4 Å². The number of thiocarbonyl (C=S) groups is 1. The summed E-state index contributed by atoms with van der Waals surface area (Å²) >= 11 is 5.08. The molecule has 0 bridgehead atoms. The van der Waals surface area contributed by atoms with Crippen LogP contribution in [0, 0.1) is 6.92 Å². The van der Waals surface area contributed by atoms with Crippen LogP contribution in [0.3, 0.4) is 0 Å². The van der Waals surface area contributed by atoms with E-state index in [9.17, 15) is 0 Å². The Morgan fingerprint density at radius 2 is 2.28 bits per heavy atom. The van der Waals surface area contributed by atoms with Crippen molar-refractivity contribution in [2.75, 3.05) is 25.5 Å². The molecule has 1 aromatic heterocycles. The molecular formula is C12H21N5S. The molecule has 1 aliphatic rings. The molecule has 6 heteroatoms. The van der Waals surface area contributed by atoms with Gasteiger partial charge in [-0.3, -0.25) is 4.68 Å². The minimum absolute atomic E-state index is 0.402. The monoisotopic (exact) mass is 267 g/mol. The highest BCUT2D eigenvalue weighted by molar-refractivity contribution is 7.80. The van der Waals surface area contributed by atoms with Gasteiger partial charge < -0.3 is 16.0 Å². The Balaban J connectivity index is 1.97. The average molecular weight is 267 g/mol. The van der Waals surface area contributed by atoms with E-state index in [4.69, 9.17) is 18.0 Å². The molecule has 0 spiro atoms. The van der Waals surface area contributed by atoms with Crippen molar-refractivity contribution >= 4 is 23.0 Å². The lowest BCUT2D eigenvalue weighted by molar-refractivity contribution is 0.337. The van der Waals surface area contributed by atoms with Crippen LogP contribution in [0.2, 0.25) is 0 Å². The fourth-order valence-corrected chi connectivity index (χ4v) is 2.45. The topological polar surface area (TPSA) is 59.1 Å². The van der Waals surface area contributed by atoms with Crippen molar-refractivity contribution in [2.24, 2.45) is 12.8 Å². The zero-order valence-electron chi connectivity index (χ0n) is 11.2. The van der Waals surface area contributed by atoms with Crippen LogP contribution in [0.15, 0.2) is 0 Å². The number of likely N-dealkylation sites (N-methyl/N-ethyl adjacent to an activating group) is 1. The Bertz CT molecular complexity index is 450. The van der Waals surface area contributed by atoms with Crippen LogP contribution in [0.4, 0.5) is 5.82 Å². The number of aryl methyl sites for hydroxylation is 2. The first kappa shape index (κ1) is 13.3. The molecule has 2 rings (SSSR count). The van der Waals surface area contributed by atoms with Crippen molar-refractivity contribution in [2.45, 2.75) is 25.8 Å². The third-order valence-corrected chi connectivity index (χ3v) is 3.60. The average Bonchev–Trinajstić information content (AvgIpc) is 3.06. The smallest absolute Gasteiger partial charge is 0.134 e. The van der Waals surface area contributed by atoms with Crippen LogP contribution < -0.4 is 11.1 Å². The predicted octanol–water partition coefficient (Wildman–Crippen LogP) is 0.869. The summed E-state index contributed by atoms with van der Waals surface area (Å²) in [5.74, 6) is 0.921. The van der Waals surface area contributed by atoms with Crippen molar-refractivity contribution in [1.29, 1.82) is 0 Å². The Morgan fingerprint density at radius 1 is 1.61 bits per heavy atom. The molecule has 1 fully saturated rings. The molecule has 0 saturated heterocycles. The molecule has 18 heavy (non-hydrogen) atoms. The first-order valence-electron chi connectivity index (χ1n) is 6.28. The van der Waals surface area contributed by atoms with E-state index in [-0.39, 0.29) is 0 Å². The highest BCUT2D eigenvalue weighted by Gasteiger charge is 2.25. The summed E-state index contributed by atoms with van der Waals surface area (Å²) in [5, 5.41) is 7.74. The number of aromatic nitrogens is 2. The van der Waals surface area contributed by atoms with Gasteiger partial charge in [0.15, 0.2) is 0 Å². The van der Waals surface area contributed by atoms with Gasteiger partial charge in [-0.2, -0.15) is 5.10 Å². The number of rotatable bonds is 6. The van der Waals surface area contributed by atoms with Gasteiger partial charge in [0.2, 0.25) is 0 Å². The molecule has 0 unspecified atom stereocenters. The van der Waals surface area contributed by atoms with Gasteiger partial charge in [0.1, 0.15) is 10.8 Å². The molecule has 1 saturated carbocycles. The summed E-state index contributed by atoms with van der Waals surface area (Å²) < 4.78 is 1.81. The molecular weight excluding hydrogens is 246 g/mol. The van der Waals surface area contributed by atoms with E-state index in [1.165, 1.54) is 12.8 Å². The van der Waals surface area contributed by atoms with Gasteiger partial charge in [0, 0.05) is 26.2 Å². The van der Waals surface area contributed by atoms with Gasteiger partial charge in [-0.15, -0.1) is 0 Å². The third kappa shape index (κ3) is 2.81. The number of nitrogens with two attached hydrogens (primary N) is 1. The van der Waals surface area contributed by atoms with E-state index in [0.717, 1.165) is 36.2 Å². The highest BCUT2D eigenvalue weighted by atomic mass is 32.1. The quantitative estimate of drug-likeness (QED) is 0.749. The zero-order chi connectivity index (χ0) is 13.3. The molecule has 3 N–H and O–H groups in total. The molecule has 0 aromatic carbocycles. The van der Waals surface area contributed by atoms with Gasteiger partial charge in [0.05, 0.1) is 11.3 Å².